The van der Waals surface area contributed by atoms with Crippen molar-refractivity contribution in [2.75, 3.05) is 31.4 Å². The molecule has 1 saturated heterocycles. The number of hydrogen-bond acceptors (Lipinski definition) is 6. The second kappa shape index (κ2) is 8.08. The standard InChI is InChI=1S/C20H24N2O4S/c1-26-20(23)18-6-3-15(4-7-18)11-16-9-10-22(13-16)19-8-5-17(12-21-19)14-27(2,24)25/h3-8,12,16H,9-11,13-14H2,1-2H3. The van der Waals surface area contributed by atoms with Crippen LogP contribution in [0, 0.1) is 5.92 Å². The molecule has 144 valence electrons. The van der Waals surface area contributed by atoms with Gasteiger partial charge in [-0.25, -0.2) is 18.2 Å². The number of carbonyl (C=O) groups excluding carboxylic acids is 1. The van der Waals surface area contributed by atoms with E-state index >= 15 is 0 Å². The van der Waals surface area contributed by atoms with Crippen molar-refractivity contribution in [1.29, 1.82) is 0 Å². The average molecular weight is 388 g/mol. The van der Waals surface area contributed by atoms with Crippen molar-refractivity contribution in [3.63, 3.8) is 0 Å². The molecular formula is C20H24N2O4S. The normalized spacial score (nSPS) is 17.1. The Bertz CT molecular complexity index is 893. The van der Waals surface area contributed by atoms with Crippen molar-refractivity contribution < 1.29 is 17.9 Å². The van der Waals surface area contributed by atoms with Gasteiger partial charge in [-0.1, -0.05) is 18.2 Å². The topological polar surface area (TPSA) is 76.6 Å². The maximum atomic E-state index is 11.5. The lowest BCUT2D eigenvalue weighted by molar-refractivity contribution is 0.0600. The van der Waals surface area contributed by atoms with Crippen LogP contribution in [0.2, 0.25) is 0 Å². The number of pyridine rings is 1. The van der Waals surface area contributed by atoms with Crippen LogP contribution >= 0.6 is 0 Å². The number of hydrogen-bond donors (Lipinski definition) is 0. The van der Waals surface area contributed by atoms with Gasteiger partial charge < -0.3 is 9.64 Å². The first kappa shape index (κ1) is 19.4. The number of benzene rings is 1. The molecule has 7 heteroatoms. The SMILES string of the molecule is COC(=O)c1ccc(CC2CCN(c3ccc(CS(C)(=O)=O)cn3)C2)cc1. The Morgan fingerprint density at radius 1 is 1.19 bits per heavy atom. The third-order valence-electron chi connectivity index (χ3n) is 4.75. The smallest absolute Gasteiger partial charge is 0.337 e. The zero-order valence-electron chi connectivity index (χ0n) is 15.6. The molecule has 1 aliphatic heterocycles. The van der Waals surface area contributed by atoms with Gasteiger partial charge in [-0.2, -0.15) is 0 Å². The Labute approximate surface area is 160 Å². The van der Waals surface area contributed by atoms with E-state index in [0.29, 0.717) is 17.0 Å². The highest BCUT2D eigenvalue weighted by molar-refractivity contribution is 7.89. The first-order chi connectivity index (χ1) is 12.8. The number of anilines is 1. The predicted molar refractivity (Wildman–Crippen MR) is 105 cm³/mol. The molecule has 2 heterocycles. The van der Waals surface area contributed by atoms with Crippen LogP contribution in [0.15, 0.2) is 42.6 Å². The molecule has 0 bridgehead atoms. The van der Waals surface area contributed by atoms with E-state index in [0.717, 1.165) is 31.7 Å². The third-order valence-corrected chi connectivity index (χ3v) is 5.60. The molecule has 1 aromatic carbocycles. The van der Waals surface area contributed by atoms with Gasteiger partial charge in [0.25, 0.3) is 0 Å². The molecule has 1 fully saturated rings. The van der Waals surface area contributed by atoms with E-state index in [4.69, 9.17) is 4.74 Å². The van der Waals surface area contributed by atoms with E-state index in [1.807, 2.05) is 24.3 Å². The van der Waals surface area contributed by atoms with E-state index in [9.17, 15) is 13.2 Å². The van der Waals surface area contributed by atoms with Gasteiger partial charge >= 0.3 is 5.97 Å². The molecule has 1 atom stereocenters. The molecule has 1 aliphatic rings. The molecule has 0 N–H and O–H groups in total. The summed E-state index contributed by atoms with van der Waals surface area (Å²) < 4.78 is 27.5. The van der Waals surface area contributed by atoms with Crippen LogP contribution in [0.3, 0.4) is 0 Å². The highest BCUT2D eigenvalue weighted by Gasteiger charge is 2.23. The van der Waals surface area contributed by atoms with Crippen LogP contribution in [-0.2, 0) is 26.7 Å². The molecule has 1 unspecified atom stereocenters. The minimum Gasteiger partial charge on any atom is -0.465 e. The second-order valence-corrected chi connectivity index (χ2v) is 9.23. The van der Waals surface area contributed by atoms with Gasteiger partial charge in [0.05, 0.1) is 18.4 Å². The second-order valence-electron chi connectivity index (χ2n) is 7.09. The quantitative estimate of drug-likeness (QED) is 0.708. The molecule has 6 nitrogen and oxygen atoms in total. The van der Waals surface area contributed by atoms with Gasteiger partial charge in [0, 0.05) is 25.5 Å². The predicted octanol–water partition coefficient (Wildman–Crippen LogP) is 2.48. The third kappa shape index (κ3) is 5.29. The van der Waals surface area contributed by atoms with Crippen molar-refractivity contribution in [3.8, 4) is 0 Å². The Morgan fingerprint density at radius 2 is 1.89 bits per heavy atom. The summed E-state index contributed by atoms with van der Waals surface area (Å²) in [4.78, 5) is 18.2. The van der Waals surface area contributed by atoms with Gasteiger partial charge in [-0.3, -0.25) is 0 Å². The Kier molecular flexibility index (Phi) is 5.79. The van der Waals surface area contributed by atoms with Gasteiger partial charge in [0.1, 0.15) is 5.82 Å². The zero-order valence-corrected chi connectivity index (χ0v) is 16.4. The highest BCUT2D eigenvalue weighted by Crippen LogP contribution is 2.25. The van der Waals surface area contributed by atoms with Crippen molar-refractivity contribution >= 4 is 21.6 Å². The minimum absolute atomic E-state index is 0.0183. The van der Waals surface area contributed by atoms with Crippen molar-refractivity contribution in [1.82, 2.24) is 4.98 Å². The lowest BCUT2D eigenvalue weighted by Gasteiger charge is -2.18. The fourth-order valence-electron chi connectivity index (χ4n) is 3.43. The molecule has 0 aliphatic carbocycles. The number of ether oxygens (including phenoxy) is 1. The van der Waals surface area contributed by atoms with Crippen molar-refractivity contribution in [2.24, 2.45) is 5.92 Å². The number of esters is 1. The minimum atomic E-state index is -3.05. The lowest BCUT2D eigenvalue weighted by atomic mass is 9.98. The summed E-state index contributed by atoms with van der Waals surface area (Å²) in [5.41, 5.74) is 2.47. The van der Waals surface area contributed by atoms with E-state index in [1.54, 1.807) is 18.3 Å². The van der Waals surface area contributed by atoms with E-state index in [-0.39, 0.29) is 11.7 Å². The van der Waals surface area contributed by atoms with E-state index in [2.05, 4.69) is 9.88 Å². The molecule has 27 heavy (non-hydrogen) atoms. The molecule has 0 radical (unpaired) electrons. The maximum absolute atomic E-state index is 11.5. The zero-order chi connectivity index (χ0) is 19.4. The highest BCUT2D eigenvalue weighted by atomic mass is 32.2. The van der Waals surface area contributed by atoms with Crippen LogP contribution in [0.25, 0.3) is 0 Å². The summed E-state index contributed by atoms with van der Waals surface area (Å²) in [6, 6.07) is 11.3. The van der Waals surface area contributed by atoms with Crippen LogP contribution < -0.4 is 4.90 Å². The Hall–Kier alpha value is -2.41. The van der Waals surface area contributed by atoms with Gasteiger partial charge in [-0.15, -0.1) is 0 Å². The summed E-state index contributed by atoms with van der Waals surface area (Å²) in [6.07, 6.45) is 4.90. The molecule has 0 spiro atoms. The Balaban J connectivity index is 1.57. The van der Waals surface area contributed by atoms with Gasteiger partial charge in [0.2, 0.25) is 0 Å². The number of methoxy groups -OCH3 is 1. The van der Waals surface area contributed by atoms with E-state index < -0.39 is 9.84 Å². The number of carbonyl (C=O) groups is 1. The first-order valence-corrected chi connectivity index (χ1v) is 10.9. The monoisotopic (exact) mass is 388 g/mol. The molecule has 3 rings (SSSR count). The van der Waals surface area contributed by atoms with Gasteiger partial charge in [-0.05, 0) is 48.1 Å². The lowest BCUT2D eigenvalue weighted by Crippen LogP contribution is -2.21. The van der Waals surface area contributed by atoms with Crippen molar-refractivity contribution in [2.45, 2.75) is 18.6 Å². The van der Waals surface area contributed by atoms with Crippen LogP contribution in [0.1, 0.15) is 27.9 Å². The molecule has 2 aromatic rings. The largest absolute Gasteiger partial charge is 0.465 e. The number of rotatable bonds is 6. The van der Waals surface area contributed by atoms with Crippen molar-refractivity contribution in [3.05, 3.63) is 59.3 Å². The first-order valence-electron chi connectivity index (χ1n) is 8.89. The van der Waals surface area contributed by atoms with Crippen LogP contribution in [0.5, 0.6) is 0 Å². The summed E-state index contributed by atoms with van der Waals surface area (Å²) in [7, 11) is -1.67. The van der Waals surface area contributed by atoms with E-state index in [1.165, 1.54) is 18.9 Å². The molecular weight excluding hydrogens is 364 g/mol. The summed E-state index contributed by atoms with van der Waals surface area (Å²) in [6.45, 7) is 1.85. The average Bonchev–Trinajstić information content (AvgIpc) is 3.09. The molecule has 0 saturated carbocycles. The molecule has 1 aromatic heterocycles. The summed E-state index contributed by atoms with van der Waals surface area (Å²) in [5, 5.41) is 0. The summed E-state index contributed by atoms with van der Waals surface area (Å²) in [5.74, 6) is 1.10. The van der Waals surface area contributed by atoms with Gasteiger partial charge in [0.15, 0.2) is 9.84 Å². The summed E-state index contributed by atoms with van der Waals surface area (Å²) >= 11 is 0. The fourth-order valence-corrected chi connectivity index (χ4v) is 4.20. The number of sulfone groups is 1. The van der Waals surface area contributed by atoms with Crippen LogP contribution in [-0.4, -0.2) is 45.8 Å². The maximum Gasteiger partial charge on any atom is 0.337 e. The molecule has 0 amide bonds. The number of aromatic nitrogens is 1. The fraction of sp³-hybridized carbons (Fsp3) is 0.400. The Morgan fingerprint density at radius 3 is 2.48 bits per heavy atom. The number of nitrogens with zero attached hydrogens (tertiary/aromatic N) is 2. The van der Waals surface area contributed by atoms with Crippen LogP contribution in [0.4, 0.5) is 5.82 Å².